The van der Waals surface area contributed by atoms with Gasteiger partial charge < -0.3 is 11.1 Å². The number of hydrogen-bond acceptors (Lipinski definition) is 5. The minimum absolute atomic E-state index is 0.258. The Hall–Kier alpha value is -1.66. The lowest BCUT2D eigenvalue weighted by molar-refractivity contribution is 0.0951. The summed E-state index contributed by atoms with van der Waals surface area (Å²) in [6.45, 7) is 0.370. The number of amides is 1. The first-order valence-corrected chi connectivity index (χ1v) is 6.00. The third-order valence-electron chi connectivity index (χ3n) is 2.00. The van der Waals surface area contributed by atoms with Gasteiger partial charge in [-0.25, -0.2) is 9.97 Å². The fourth-order valence-electron chi connectivity index (χ4n) is 1.22. The molecule has 17 heavy (non-hydrogen) atoms. The van der Waals surface area contributed by atoms with E-state index in [1.54, 1.807) is 6.20 Å². The first kappa shape index (κ1) is 11.8. The number of nitrogen functional groups attached to an aromatic ring is 1. The summed E-state index contributed by atoms with van der Waals surface area (Å²) in [7, 11) is 0. The Labute approximate surface area is 107 Å². The molecule has 1 amide bonds. The van der Waals surface area contributed by atoms with Crippen LogP contribution in [-0.2, 0) is 6.54 Å². The van der Waals surface area contributed by atoms with Crippen molar-refractivity contribution in [3.63, 3.8) is 0 Å². The van der Waals surface area contributed by atoms with Crippen LogP contribution in [0.4, 0.5) is 5.82 Å². The second kappa shape index (κ2) is 5.11. The summed E-state index contributed by atoms with van der Waals surface area (Å²) >= 11 is 7.33. The Balaban J connectivity index is 2.07. The Bertz CT molecular complexity index is 529. The molecule has 0 radical (unpaired) electrons. The van der Waals surface area contributed by atoms with Crippen LogP contribution in [0.5, 0.6) is 0 Å². The summed E-state index contributed by atoms with van der Waals surface area (Å²) < 4.78 is 0. The van der Waals surface area contributed by atoms with Gasteiger partial charge in [0.2, 0.25) is 0 Å². The molecule has 0 atom stereocenters. The third kappa shape index (κ3) is 2.92. The van der Waals surface area contributed by atoms with Crippen LogP contribution in [0.2, 0.25) is 5.02 Å². The molecule has 0 saturated carbocycles. The number of halogens is 1. The molecule has 2 rings (SSSR count). The number of carbonyl (C=O) groups is 1. The number of pyridine rings is 1. The molecule has 0 saturated heterocycles. The summed E-state index contributed by atoms with van der Waals surface area (Å²) in [4.78, 5) is 19.7. The third-order valence-corrected chi connectivity index (χ3v) is 3.09. The number of thiazole rings is 1. The number of aromatic nitrogens is 2. The highest BCUT2D eigenvalue weighted by Gasteiger charge is 2.11. The molecule has 0 fully saturated rings. The monoisotopic (exact) mass is 268 g/mol. The standard InChI is InChI=1S/C10H9ClN4OS/c11-7-4-14-8(12)3-6(7)10(16)15-5-9-13-1-2-17-9/h1-4H,5H2,(H2,12,14)(H,15,16). The maximum Gasteiger partial charge on any atom is 0.253 e. The van der Waals surface area contributed by atoms with Crippen molar-refractivity contribution < 1.29 is 4.79 Å². The predicted octanol–water partition coefficient (Wildman–Crippen LogP) is 1.70. The van der Waals surface area contributed by atoms with Crippen molar-refractivity contribution >= 4 is 34.7 Å². The maximum absolute atomic E-state index is 11.8. The first-order valence-electron chi connectivity index (χ1n) is 4.74. The Morgan fingerprint density at radius 2 is 2.35 bits per heavy atom. The first-order chi connectivity index (χ1) is 8.16. The lowest BCUT2D eigenvalue weighted by Crippen LogP contribution is -2.23. The van der Waals surface area contributed by atoms with Gasteiger partial charge in [0.05, 0.1) is 17.1 Å². The van der Waals surface area contributed by atoms with Gasteiger partial charge in [0.15, 0.2) is 0 Å². The van der Waals surface area contributed by atoms with Crippen LogP contribution in [0, 0.1) is 0 Å². The van der Waals surface area contributed by atoms with Crippen molar-refractivity contribution in [2.24, 2.45) is 0 Å². The normalized spacial score (nSPS) is 10.2. The van der Waals surface area contributed by atoms with E-state index in [1.807, 2.05) is 5.38 Å². The van der Waals surface area contributed by atoms with Crippen molar-refractivity contribution in [3.05, 3.63) is 39.4 Å². The summed E-state index contributed by atoms with van der Waals surface area (Å²) in [5.41, 5.74) is 5.81. The smallest absolute Gasteiger partial charge is 0.253 e. The molecule has 88 valence electrons. The molecule has 0 aliphatic rings. The van der Waals surface area contributed by atoms with Crippen molar-refractivity contribution in [2.75, 3.05) is 5.73 Å². The van der Waals surface area contributed by atoms with Crippen LogP contribution < -0.4 is 11.1 Å². The van der Waals surface area contributed by atoms with Crippen molar-refractivity contribution in [2.45, 2.75) is 6.54 Å². The van der Waals surface area contributed by atoms with Gasteiger partial charge in [0.25, 0.3) is 5.91 Å². The van der Waals surface area contributed by atoms with E-state index in [1.165, 1.54) is 23.6 Å². The second-order valence-electron chi connectivity index (χ2n) is 3.20. The molecule has 0 aliphatic carbocycles. The van der Waals surface area contributed by atoms with Crippen LogP contribution >= 0.6 is 22.9 Å². The molecule has 3 N–H and O–H groups in total. The quantitative estimate of drug-likeness (QED) is 0.888. The highest BCUT2D eigenvalue weighted by molar-refractivity contribution is 7.09. The number of rotatable bonds is 3. The molecule has 2 aromatic rings. The van der Waals surface area contributed by atoms with E-state index in [4.69, 9.17) is 17.3 Å². The lowest BCUT2D eigenvalue weighted by Gasteiger charge is -2.05. The van der Waals surface area contributed by atoms with E-state index in [2.05, 4.69) is 15.3 Å². The van der Waals surface area contributed by atoms with E-state index in [0.717, 1.165) is 5.01 Å². The van der Waals surface area contributed by atoms with Crippen LogP contribution in [0.25, 0.3) is 0 Å². The molecule has 0 unspecified atom stereocenters. The fraction of sp³-hybridized carbons (Fsp3) is 0.100. The predicted molar refractivity (Wildman–Crippen MR) is 66.9 cm³/mol. The molecule has 0 aliphatic heterocycles. The molecule has 0 spiro atoms. The fourth-order valence-corrected chi connectivity index (χ4v) is 1.97. The summed E-state index contributed by atoms with van der Waals surface area (Å²) in [5, 5.41) is 5.66. The van der Waals surface area contributed by atoms with Crippen LogP contribution in [0.3, 0.4) is 0 Å². The minimum atomic E-state index is -0.292. The van der Waals surface area contributed by atoms with Crippen molar-refractivity contribution in [1.82, 2.24) is 15.3 Å². The number of carbonyl (C=O) groups excluding carboxylic acids is 1. The van der Waals surface area contributed by atoms with E-state index in [9.17, 15) is 4.79 Å². The molecule has 0 aromatic carbocycles. The molecule has 5 nitrogen and oxygen atoms in total. The van der Waals surface area contributed by atoms with Gasteiger partial charge in [0, 0.05) is 17.8 Å². The Kier molecular flexibility index (Phi) is 3.55. The van der Waals surface area contributed by atoms with Gasteiger partial charge in [-0.2, -0.15) is 0 Å². The zero-order valence-electron chi connectivity index (χ0n) is 8.68. The van der Waals surface area contributed by atoms with E-state index in [-0.39, 0.29) is 16.7 Å². The molecular weight excluding hydrogens is 260 g/mol. The van der Waals surface area contributed by atoms with Gasteiger partial charge in [-0.3, -0.25) is 4.79 Å². The van der Waals surface area contributed by atoms with Crippen molar-refractivity contribution in [1.29, 1.82) is 0 Å². The number of anilines is 1. The second-order valence-corrected chi connectivity index (χ2v) is 4.58. The molecule has 2 heterocycles. The molecule has 2 aromatic heterocycles. The zero-order chi connectivity index (χ0) is 12.3. The highest BCUT2D eigenvalue weighted by atomic mass is 35.5. The average Bonchev–Trinajstić information content (AvgIpc) is 2.82. The summed E-state index contributed by atoms with van der Waals surface area (Å²) in [5.74, 6) is -0.0342. The maximum atomic E-state index is 11.8. The topological polar surface area (TPSA) is 80.9 Å². The number of nitrogens with zero attached hydrogens (tertiary/aromatic N) is 2. The Morgan fingerprint density at radius 3 is 3.06 bits per heavy atom. The van der Waals surface area contributed by atoms with Crippen LogP contribution in [-0.4, -0.2) is 15.9 Å². The van der Waals surface area contributed by atoms with E-state index >= 15 is 0 Å². The Morgan fingerprint density at radius 1 is 1.53 bits per heavy atom. The van der Waals surface area contributed by atoms with Crippen LogP contribution in [0.1, 0.15) is 15.4 Å². The van der Waals surface area contributed by atoms with Crippen molar-refractivity contribution in [3.8, 4) is 0 Å². The number of nitrogens with one attached hydrogen (secondary N) is 1. The number of hydrogen-bond donors (Lipinski definition) is 2. The van der Waals surface area contributed by atoms with Gasteiger partial charge >= 0.3 is 0 Å². The van der Waals surface area contributed by atoms with Gasteiger partial charge in [-0.15, -0.1) is 11.3 Å². The highest BCUT2D eigenvalue weighted by Crippen LogP contribution is 2.16. The van der Waals surface area contributed by atoms with E-state index in [0.29, 0.717) is 12.1 Å². The SMILES string of the molecule is Nc1cc(C(=O)NCc2nccs2)c(Cl)cn1. The summed E-state index contributed by atoms with van der Waals surface area (Å²) in [6, 6.07) is 1.44. The van der Waals surface area contributed by atoms with Gasteiger partial charge in [-0.1, -0.05) is 11.6 Å². The average molecular weight is 269 g/mol. The molecular formula is C10H9ClN4OS. The van der Waals surface area contributed by atoms with Crippen LogP contribution in [0.15, 0.2) is 23.8 Å². The van der Waals surface area contributed by atoms with Gasteiger partial charge in [-0.05, 0) is 6.07 Å². The molecule has 7 heteroatoms. The largest absolute Gasteiger partial charge is 0.384 e. The number of nitrogens with two attached hydrogens (primary N) is 1. The molecule has 0 bridgehead atoms. The zero-order valence-corrected chi connectivity index (χ0v) is 10.3. The lowest BCUT2D eigenvalue weighted by atomic mass is 10.2. The minimum Gasteiger partial charge on any atom is -0.384 e. The summed E-state index contributed by atoms with van der Waals surface area (Å²) in [6.07, 6.45) is 3.04. The van der Waals surface area contributed by atoms with E-state index < -0.39 is 0 Å². The van der Waals surface area contributed by atoms with Gasteiger partial charge in [0.1, 0.15) is 10.8 Å².